The number of hydrogen-bond donors (Lipinski definition) is 0. The highest BCUT2D eigenvalue weighted by Gasteiger charge is 2.11. The standard InChI is InChI=1S/C9H15NO.C2H6/c1-5-8-9(6(2)3)11-7(4)10-8;1-2/h6H,5H2,1-4H3;1-2H3. The highest BCUT2D eigenvalue weighted by Crippen LogP contribution is 2.20. The van der Waals surface area contributed by atoms with Gasteiger partial charge in [0.1, 0.15) is 5.76 Å². The Morgan fingerprint density at radius 2 is 1.85 bits per heavy atom. The molecule has 1 aromatic heterocycles. The average molecular weight is 183 g/mol. The van der Waals surface area contributed by atoms with Crippen LogP contribution in [0.15, 0.2) is 4.42 Å². The summed E-state index contributed by atoms with van der Waals surface area (Å²) in [5.41, 5.74) is 1.11. The van der Waals surface area contributed by atoms with Crippen molar-refractivity contribution in [3.63, 3.8) is 0 Å². The van der Waals surface area contributed by atoms with E-state index >= 15 is 0 Å². The van der Waals surface area contributed by atoms with Gasteiger partial charge < -0.3 is 4.42 Å². The maximum Gasteiger partial charge on any atom is 0.191 e. The summed E-state index contributed by atoms with van der Waals surface area (Å²) >= 11 is 0. The van der Waals surface area contributed by atoms with E-state index in [9.17, 15) is 0 Å². The summed E-state index contributed by atoms with van der Waals surface area (Å²) in [7, 11) is 0. The van der Waals surface area contributed by atoms with E-state index < -0.39 is 0 Å². The fourth-order valence-electron chi connectivity index (χ4n) is 1.19. The van der Waals surface area contributed by atoms with Gasteiger partial charge in [0.25, 0.3) is 0 Å². The minimum atomic E-state index is 0.450. The maximum atomic E-state index is 5.46. The highest BCUT2D eigenvalue weighted by atomic mass is 16.4. The van der Waals surface area contributed by atoms with Crippen LogP contribution in [0.4, 0.5) is 0 Å². The molecule has 0 saturated carbocycles. The van der Waals surface area contributed by atoms with E-state index in [4.69, 9.17) is 4.42 Å². The largest absolute Gasteiger partial charge is 0.445 e. The van der Waals surface area contributed by atoms with Crippen LogP contribution in [-0.4, -0.2) is 4.98 Å². The molecule has 0 N–H and O–H groups in total. The zero-order valence-corrected chi connectivity index (χ0v) is 9.64. The van der Waals surface area contributed by atoms with Crippen molar-refractivity contribution in [2.75, 3.05) is 0 Å². The summed E-state index contributed by atoms with van der Waals surface area (Å²) in [4.78, 5) is 4.28. The van der Waals surface area contributed by atoms with E-state index in [1.807, 2.05) is 20.8 Å². The van der Waals surface area contributed by atoms with Gasteiger partial charge in [0, 0.05) is 12.8 Å². The molecule has 0 saturated heterocycles. The summed E-state index contributed by atoms with van der Waals surface area (Å²) in [6.45, 7) is 12.2. The topological polar surface area (TPSA) is 26.0 Å². The molecule has 0 spiro atoms. The van der Waals surface area contributed by atoms with Crippen molar-refractivity contribution in [3.8, 4) is 0 Å². The number of oxazole rings is 1. The van der Waals surface area contributed by atoms with Crippen molar-refractivity contribution in [2.45, 2.75) is 53.9 Å². The molecule has 0 atom stereocenters. The average Bonchev–Trinajstić information content (AvgIpc) is 2.50. The van der Waals surface area contributed by atoms with Crippen molar-refractivity contribution in [1.82, 2.24) is 4.98 Å². The number of aromatic nitrogens is 1. The van der Waals surface area contributed by atoms with Gasteiger partial charge in [-0.25, -0.2) is 4.98 Å². The Balaban J connectivity index is 0.000000671. The first-order valence-electron chi connectivity index (χ1n) is 5.11. The van der Waals surface area contributed by atoms with E-state index in [0.717, 1.165) is 23.8 Å². The number of hydrogen-bond acceptors (Lipinski definition) is 2. The predicted octanol–water partition coefficient (Wildman–Crippen LogP) is 3.70. The quantitative estimate of drug-likeness (QED) is 0.698. The van der Waals surface area contributed by atoms with Crippen LogP contribution < -0.4 is 0 Å². The van der Waals surface area contributed by atoms with E-state index in [1.165, 1.54) is 0 Å². The van der Waals surface area contributed by atoms with Crippen molar-refractivity contribution >= 4 is 0 Å². The lowest BCUT2D eigenvalue weighted by molar-refractivity contribution is 0.454. The number of rotatable bonds is 2. The molecule has 1 rings (SSSR count). The van der Waals surface area contributed by atoms with E-state index in [2.05, 4.69) is 25.8 Å². The molecule has 0 aromatic carbocycles. The van der Waals surface area contributed by atoms with Crippen molar-refractivity contribution in [3.05, 3.63) is 17.3 Å². The van der Waals surface area contributed by atoms with Gasteiger partial charge in [-0.15, -0.1) is 0 Å². The second-order valence-corrected chi connectivity index (χ2v) is 3.05. The minimum Gasteiger partial charge on any atom is -0.445 e. The summed E-state index contributed by atoms with van der Waals surface area (Å²) in [5.74, 6) is 2.28. The molecule has 0 bridgehead atoms. The minimum absolute atomic E-state index is 0.450. The summed E-state index contributed by atoms with van der Waals surface area (Å²) in [6.07, 6.45) is 0.963. The molecular weight excluding hydrogens is 162 g/mol. The fourth-order valence-corrected chi connectivity index (χ4v) is 1.19. The number of aryl methyl sites for hydroxylation is 2. The zero-order chi connectivity index (χ0) is 10.4. The van der Waals surface area contributed by atoms with Crippen LogP contribution in [0.1, 0.15) is 57.9 Å². The van der Waals surface area contributed by atoms with Gasteiger partial charge in [-0.1, -0.05) is 34.6 Å². The smallest absolute Gasteiger partial charge is 0.191 e. The Labute approximate surface area is 81.4 Å². The van der Waals surface area contributed by atoms with E-state index in [1.54, 1.807) is 0 Å². The normalized spacial score (nSPS) is 9.77. The first-order chi connectivity index (χ1) is 6.15. The molecule has 0 aliphatic carbocycles. The number of nitrogens with zero attached hydrogens (tertiary/aromatic N) is 1. The monoisotopic (exact) mass is 183 g/mol. The Kier molecular flexibility index (Phi) is 5.44. The molecule has 2 nitrogen and oxygen atoms in total. The molecule has 0 aliphatic heterocycles. The molecule has 0 radical (unpaired) electrons. The molecule has 1 heterocycles. The first kappa shape index (κ1) is 12.2. The van der Waals surface area contributed by atoms with Gasteiger partial charge in [-0.05, 0) is 6.42 Å². The molecule has 0 amide bonds. The lowest BCUT2D eigenvalue weighted by Crippen LogP contribution is -1.90. The van der Waals surface area contributed by atoms with Gasteiger partial charge in [0.15, 0.2) is 5.89 Å². The molecule has 2 heteroatoms. The lowest BCUT2D eigenvalue weighted by Gasteiger charge is -1.99. The van der Waals surface area contributed by atoms with E-state index in [0.29, 0.717) is 5.92 Å². The Bertz CT molecular complexity index is 238. The van der Waals surface area contributed by atoms with Gasteiger partial charge in [-0.3, -0.25) is 0 Å². The van der Waals surface area contributed by atoms with Gasteiger partial charge >= 0.3 is 0 Å². The first-order valence-corrected chi connectivity index (χ1v) is 5.11. The van der Waals surface area contributed by atoms with Crippen molar-refractivity contribution in [2.24, 2.45) is 0 Å². The molecule has 0 aliphatic rings. The summed E-state index contributed by atoms with van der Waals surface area (Å²) in [6, 6.07) is 0. The van der Waals surface area contributed by atoms with Gasteiger partial charge in [-0.2, -0.15) is 0 Å². The molecule has 76 valence electrons. The Hall–Kier alpha value is -0.790. The fraction of sp³-hybridized carbons (Fsp3) is 0.727. The Morgan fingerprint density at radius 1 is 1.31 bits per heavy atom. The van der Waals surface area contributed by atoms with Crippen LogP contribution in [0.5, 0.6) is 0 Å². The second-order valence-electron chi connectivity index (χ2n) is 3.05. The summed E-state index contributed by atoms with van der Waals surface area (Å²) in [5, 5.41) is 0. The van der Waals surface area contributed by atoms with Gasteiger partial charge in [0.2, 0.25) is 0 Å². The second kappa shape index (κ2) is 5.79. The van der Waals surface area contributed by atoms with E-state index in [-0.39, 0.29) is 0 Å². The van der Waals surface area contributed by atoms with Crippen LogP contribution >= 0.6 is 0 Å². The third-order valence-electron chi connectivity index (χ3n) is 1.69. The van der Waals surface area contributed by atoms with Crippen LogP contribution in [0.3, 0.4) is 0 Å². The van der Waals surface area contributed by atoms with Crippen molar-refractivity contribution in [1.29, 1.82) is 0 Å². The molecular formula is C11H21NO. The summed E-state index contributed by atoms with van der Waals surface area (Å²) < 4.78 is 5.46. The van der Waals surface area contributed by atoms with Crippen LogP contribution in [-0.2, 0) is 6.42 Å². The van der Waals surface area contributed by atoms with Crippen molar-refractivity contribution < 1.29 is 4.42 Å². The van der Waals surface area contributed by atoms with Gasteiger partial charge in [0.05, 0.1) is 5.69 Å². The van der Waals surface area contributed by atoms with Crippen LogP contribution in [0.25, 0.3) is 0 Å². The Morgan fingerprint density at radius 3 is 2.15 bits per heavy atom. The zero-order valence-electron chi connectivity index (χ0n) is 9.64. The predicted molar refractivity (Wildman–Crippen MR) is 56.1 cm³/mol. The molecule has 0 unspecified atom stereocenters. The van der Waals surface area contributed by atoms with Crippen LogP contribution in [0, 0.1) is 6.92 Å². The maximum absolute atomic E-state index is 5.46. The highest BCUT2D eigenvalue weighted by molar-refractivity contribution is 5.12. The molecule has 1 aromatic rings. The van der Waals surface area contributed by atoms with Crippen LogP contribution in [0.2, 0.25) is 0 Å². The SMILES string of the molecule is CC.CCc1nc(C)oc1C(C)C. The molecule has 0 fully saturated rings. The lowest BCUT2D eigenvalue weighted by atomic mass is 10.1. The third kappa shape index (κ3) is 3.21. The third-order valence-corrected chi connectivity index (χ3v) is 1.69. The molecule has 13 heavy (non-hydrogen) atoms.